The predicted octanol–water partition coefficient (Wildman–Crippen LogP) is 4.75. The molecule has 100 valence electrons. The molecule has 0 unspecified atom stereocenters. The SMILES string of the molecule is CCN(Cc1ccc(F)c(Br)c1)c1ccccc1F. The van der Waals surface area contributed by atoms with Crippen molar-refractivity contribution in [3.63, 3.8) is 0 Å². The van der Waals surface area contributed by atoms with E-state index < -0.39 is 0 Å². The lowest BCUT2D eigenvalue weighted by atomic mass is 10.2. The second kappa shape index (κ2) is 6.15. The molecule has 2 rings (SSSR count). The second-order valence-corrected chi connectivity index (χ2v) is 5.07. The Bertz CT molecular complexity index is 572. The van der Waals surface area contributed by atoms with E-state index in [1.165, 1.54) is 12.1 Å². The molecule has 0 N–H and O–H groups in total. The molecule has 0 radical (unpaired) electrons. The lowest BCUT2D eigenvalue weighted by molar-refractivity contribution is 0.614. The minimum Gasteiger partial charge on any atom is -0.365 e. The molecule has 0 saturated carbocycles. The zero-order chi connectivity index (χ0) is 13.8. The van der Waals surface area contributed by atoms with Crippen LogP contribution in [0.3, 0.4) is 0 Å². The first-order valence-electron chi connectivity index (χ1n) is 6.05. The summed E-state index contributed by atoms with van der Waals surface area (Å²) >= 11 is 3.16. The summed E-state index contributed by atoms with van der Waals surface area (Å²) in [4.78, 5) is 1.91. The van der Waals surface area contributed by atoms with Crippen molar-refractivity contribution in [1.29, 1.82) is 0 Å². The van der Waals surface area contributed by atoms with E-state index in [4.69, 9.17) is 0 Å². The van der Waals surface area contributed by atoms with Gasteiger partial charge in [0, 0.05) is 13.1 Å². The smallest absolute Gasteiger partial charge is 0.146 e. The first-order valence-corrected chi connectivity index (χ1v) is 6.84. The minimum atomic E-state index is -0.294. The lowest BCUT2D eigenvalue weighted by Crippen LogP contribution is -2.23. The van der Waals surface area contributed by atoms with Crippen LogP contribution in [0.25, 0.3) is 0 Å². The van der Waals surface area contributed by atoms with Crippen molar-refractivity contribution in [3.05, 3.63) is 64.1 Å². The molecule has 4 heteroatoms. The highest BCUT2D eigenvalue weighted by atomic mass is 79.9. The molecule has 0 spiro atoms. The topological polar surface area (TPSA) is 3.24 Å². The van der Waals surface area contributed by atoms with Crippen molar-refractivity contribution in [2.24, 2.45) is 0 Å². The van der Waals surface area contributed by atoms with Gasteiger partial charge in [0.15, 0.2) is 0 Å². The van der Waals surface area contributed by atoms with Crippen LogP contribution in [0.15, 0.2) is 46.9 Å². The van der Waals surface area contributed by atoms with E-state index in [-0.39, 0.29) is 11.6 Å². The highest BCUT2D eigenvalue weighted by molar-refractivity contribution is 9.10. The minimum absolute atomic E-state index is 0.245. The Morgan fingerprint density at radius 1 is 1.05 bits per heavy atom. The van der Waals surface area contributed by atoms with Crippen LogP contribution in [0.5, 0.6) is 0 Å². The zero-order valence-electron chi connectivity index (χ0n) is 10.5. The molecule has 0 aromatic heterocycles. The molecule has 0 aliphatic heterocycles. The summed E-state index contributed by atoms with van der Waals surface area (Å²) in [5.41, 5.74) is 1.49. The van der Waals surface area contributed by atoms with E-state index in [1.807, 2.05) is 17.9 Å². The molecule has 2 aromatic carbocycles. The Labute approximate surface area is 120 Å². The third kappa shape index (κ3) is 3.32. The second-order valence-electron chi connectivity index (χ2n) is 4.21. The van der Waals surface area contributed by atoms with Crippen LogP contribution in [-0.2, 0) is 6.54 Å². The molecular formula is C15H14BrF2N. The maximum atomic E-state index is 13.8. The van der Waals surface area contributed by atoms with Gasteiger partial charge in [-0.2, -0.15) is 0 Å². The number of hydrogen-bond acceptors (Lipinski definition) is 1. The molecule has 0 aliphatic carbocycles. The Morgan fingerprint density at radius 2 is 1.79 bits per heavy atom. The Kier molecular flexibility index (Phi) is 4.53. The summed E-state index contributed by atoms with van der Waals surface area (Å²) < 4.78 is 27.4. The summed E-state index contributed by atoms with van der Waals surface area (Å²) in [6.45, 7) is 3.18. The largest absolute Gasteiger partial charge is 0.365 e. The lowest BCUT2D eigenvalue weighted by Gasteiger charge is -2.23. The molecule has 0 bridgehead atoms. The molecule has 1 nitrogen and oxygen atoms in total. The van der Waals surface area contributed by atoms with E-state index in [1.54, 1.807) is 24.3 Å². The fourth-order valence-corrected chi connectivity index (χ4v) is 2.36. The summed E-state index contributed by atoms with van der Waals surface area (Å²) in [6, 6.07) is 11.5. The van der Waals surface area contributed by atoms with Gasteiger partial charge in [-0.1, -0.05) is 18.2 Å². The van der Waals surface area contributed by atoms with Crippen molar-refractivity contribution in [2.75, 3.05) is 11.4 Å². The van der Waals surface area contributed by atoms with Crippen LogP contribution in [0.2, 0.25) is 0 Å². The van der Waals surface area contributed by atoms with Crippen molar-refractivity contribution >= 4 is 21.6 Å². The maximum Gasteiger partial charge on any atom is 0.146 e. The average molecular weight is 326 g/mol. The van der Waals surface area contributed by atoms with Crippen molar-refractivity contribution in [1.82, 2.24) is 0 Å². The molecule has 0 heterocycles. The van der Waals surface area contributed by atoms with Gasteiger partial charge in [0.2, 0.25) is 0 Å². The Morgan fingerprint density at radius 3 is 2.42 bits per heavy atom. The first kappa shape index (κ1) is 14.0. The number of benzene rings is 2. The van der Waals surface area contributed by atoms with Crippen molar-refractivity contribution in [2.45, 2.75) is 13.5 Å². The van der Waals surface area contributed by atoms with Crippen molar-refractivity contribution < 1.29 is 8.78 Å². The third-order valence-corrected chi connectivity index (χ3v) is 3.54. The number of hydrogen-bond donors (Lipinski definition) is 0. The summed E-state index contributed by atoms with van der Waals surface area (Å²) in [5.74, 6) is -0.539. The number of nitrogens with zero attached hydrogens (tertiary/aromatic N) is 1. The normalized spacial score (nSPS) is 10.5. The zero-order valence-corrected chi connectivity index (χ0v) is 12.1. The number of halogens is 3. The van der Waals surface area contributed by atoms with Gasteiger partial charge in [-0.05, 0) is 52.7 Å². The van der Waals surface area contributed by atoms with Gasteiger partial charge in [0.05, 0.1) is 10.2 Å². The highest BCUT2D eigenvalue weighted by Gasteiger charge is 2.10. The van der Waals surface area contributed by atoms with Gasteiger partial charge in [-0.3, -0.25) is 0 Å². The van der Waals surface area contributed by atoms with Crippen LogP contribution in [0.4, 0.5) is 14.5 Å². The first-order chi connectivity index (χ1) is 9.11. The van der Waals surface area contributed by atoms with E-state index >= 15 is 0 Å². The van der Waals surface area contributed by atoms with E-state index in [0.717, 1.165) is 5.56 Å². The van der Waals surface area contributed by atoms with Crippen LogP contribution in [0.1, 0.15) is 12.5 Å². The standard InChI is InChI=1S/C15H14BrF2N/c1-2-19(15-6-4-3-5-14(15)18)10-11-7-8-13(17)12(16)9-11/h3-9H,2,10H2,1H3. The molecule has 0 aliphatic rings. The van der Waals surface area contributed by atoms with Crippen LogP contribution in [0, 0.1) is 11.6 Å². The fourth-order valence-electron chi connectivity index (χ4n) is 1.93. The van der Waals surface area contributed by atoms with E-state index in [2.05, 4.69) is 15.9 Å². The molecule has 19 heavy (non-hydrogen) atoms. The molecular weight excluding hydrogens is 312 g/mol. The molecule has 0 fully saturated rings. The predicted molar refractivity (Wildman–Crippen MR) is 77.2 cm³/mol. The molecule has 0 saturated heterocycles. The van der Waals surface area contributed by atoms with Crippen LogP contribution >= 0.6 is 15.9 Å². The Hall–Kier alpha value is -1.42. The van der Waals surface area contributed by atoms with Gasteiger partial charge in [0.25, 0.3) is 0 Å². The number of anilines is 1. The van der Waals surface area contributed by atoms with Gasteiger partial charge < -0.3 is 4.90 Å². The quantitative estimate of drug-likeness (QED) is 0.783. The molecule has 2 aromatic rings. The summed E-state index contributed by atoms with van der Waals surface area (Å²) in [5, 5.41) is 0. The van der Waals surface area contributed by atoms with Crippen molar-refractivity contribution in [3.8, 4) is 0 Å². The van der Waals surface area contributed by atoms with Gasteiger partial charge in [0.1, 0.15) is 11.6 Å². The third-order valence-electron chi connectivity index (χ3n) is 2.93. The number of rotatable bonds is 4. The molecule has 0 amide bonds. The maximum absolute atomic E-state index is 13.8. The number of para-hydroxylation sites is 1. The van der Waals surface area contributed by atoms with Gasteiger partial charge in [-0.25, -0.2) is 8.78 Å². The van der Waals surface area contributed by atoms with Crippen LogP contribution < -0.4 is 4.90 Å². The Balaban J connectivity index is 2.24. The van der Waals surface area contributed by atoms with Gasteiger partial charge >= 0.3 is 0 Å². The fraction of sp³-hybridized carbons (Fsp3) is 0.200. The highest BCUT2D eigenvalue weighted by Crippen LogP contribution is 2.23. The van der Waals surface area contributed by atoms with Crippen LogP contribution in [-0.4, -0.2) is 6.54 Å². The summed E-state index contributed by atoms with van der Waals surface area (Å²) in [7, 11) is 0. The van der Waals surface area contributed by atoms with E-state index in [0.29, 0.717) is 23.2 Å². The summed E-state index contributed by atoms with van der Waals surface area (Å²) in [6.07, 6.45) is 0. The monoisotopic (exact) mass is 325 g/mol. The van der Waals surface area contributed by atoms with E-state index in [9.17, 15) is 8.78 Å². The average Bonchev–Trinajstić information content (AvgIpc) is 2.41. The van der Waals surface area contributed by atoms with Gasteiger partial charge in [-0.15, -0.1) is 0 Å². The molecule has 0 atom stereocenters.